The number of hydrogen-bond acceptors (Lipinski definition) is 3. The predicted molar refractivity (Wildman–Crippen MR) is 96.7 cm³/mol. The van der Waals surface area contributed by atoms with Gasteiger partial charge in [0.2, 0.25) is 0 Å². The van der Waals surface area contributed by atoms with Crippen molar-refractivity contribution >= 4 is 5.57 Å². The van der Waals surface area contributed by atoms with Gasteiger partial charge in [0.15, 0.2) is 0 Å². The number of hydrogen-bond donors (Lipinski definition) is 0. The minimum absolute atomic E-state index is 0.0265. The highest BCUT2D eigenvalue weighted by Gasteiger charge is 2.43. The first-order chi connectivity index (χ1) is 11.3. The molecule has 130 valence electrons. The second-order valence-corrected chi connectivity index (χ2v) is 7.94. The monoisotopic (exact) mass is 328 g/mol. The summed E-state index contributed by atoms with van der Waals surface area (Å²) in [5.41, 5.74) is 3.69. The van der Waals surface area contributed by atoms with E-state index in [1.807, 2.05) is 32.9 Å². The average molecular weight is 328 g/mol. The lowest BCUT2D eigenvalue weighted by Gasteiger charge is -2.40. The highest BCUT2D eigenvalue weighted by Crippen LogP contribution is 2.54. The van der Waals surface area contributed by atoms with Crippen LogP contribution < -0.4 is 4.74 Å². The number of methoxy groups -OCH3 is 1. The molecule has 1 aromatic carbocycles. The molecule has 0 saturated heterocycles. The fourth-order valence-corrected chi connectivity index (χ4v) is 3.72. The molecule has 2 atom stereocenters. The summed E-state index contributed by atoms with van der Waals surface area (Å²) in [5, 5.41) is 0. The van der Waals surface area contributed by atoms with Gasteiger partial charge in [-0.1, -0.05) is 31.2 Å². The minimum atomic E-state index is -0.292. The van der Waals surface area contributed by atoms with Crippen LogP contribution in [0.3, 0.4) is 0 Å². The Morgan fingerprint density at radius 1 is 1.08 bits per heavy atom. The molecule has 0 bridgehead atoms. The van der Waals surface area contributed by atoms with E-state index < -0.39 is 0 Å². The van der Waals surface area contributed by atoms with Crippen molar-refractivity contribution in [3.05, 3.63) is 47.6 Å². The molecule has 2 aliphatic rings. The molecule has 3 nitrogen and oxygen atoms in total. The van der Waals surface area contributed by atoms with Crippen LogP contribution in [0.4, 0.5) is 0 Å². The molecule has 0 spiro atoms. The van der Waals surface area contributed by atoms with Gasteiger partial charge in [-0.25, -0.2) is 9.78 Å². The Kier molecular flexibility index (Phi) is 4.58. The van der Waals surface area contributed by atoms with E-state index in [0.29, 0.717) is 0 Å². The molecular formula is C21H28O3. The van der Waals surface area contributed by atoms with E-state index in [-0.39, 0.29) is 17.1 Å². The first-order valence-corrected chi connectivity index (χ1v) is 8.75. The second kappa shape index (κ2) is 6.38. The van der Waals surface area contributed by atoms with Crippen molar-refractivity contribution in [2.75, 3.05) is 7.11 Å². The zero-order valence-electron chi connectivity index (χ0n) is 15.4. The summed E-state index contributed by atoms with van der Waals surface area (Å²) in [5.74, 6) is 0.888. The lowest BCUT2D eigenvalue weighted by atomic mass is 9.67. The molecule has 1 fully saturated rings. The van der Waals surface area contributed by atoms with Gasteiger partial charge in [0, 0.05) is 5.41 Å². The molecule has 2 aliphatic carbocycles. The van der Waals surface area contributed by atoms with Crippen molar-refractivity contribution in [3.8, 4) is 5.75 Å². The molecule has 0 N–H and O–H groups in total. The van der Waals surface area contributed by atoms with Crippen LogP contribution >= 0.6 is 0 Å². The molecule has 0 amide bonds. The van der Waals surface area contributed by atoms with E-state index >= 15 is 0 Å². The predicted octanol–water partition coefficient (Wildman–Crippen LogP) is 5.32. The van der Waals surface area contributed by atoms with E-state index in [4.69, 9.17) is 14.5 Å². The number of ether oxygens (including phenoxy) is 1. The summed E-state index contributed by atoms with van der Waals surface area (Å²) in [6, 6.07) is 8.33. The molecule has 0 radical (unpaired) electrons. The Balaban J connectivity index is 1.80. The minimum Gasteiger partial charge on any atom is -0.497 e. The number of benzene rings is 1. The first kappa shape index (κ1) is 17.2. The fourth-order valence-electron chi connectivity index (χ4n) is 3.72. The topological polar surface area (TPSA) is 27.7 Å². The van der Waals surface area contributed by atoms with Gasteiger partial charge in [0.1, 0.15) is 11.9 Å². The van der Waals surface area contributed by atoms with Crippen LogP contribution in [0.15, 0.2) is 42.0 Å². The summed E-state index contributed by atoms with van der Waals surface area (Å²) in [6.45, 7) is 8.37. The summed E-state index contributed by atoms with van der Waals surface area (Å²) in [7, 11) is 1.70. The van der Waals surface area contributed by atoms with Crippen LogP contribution in [0.5, 0.6) is 5.75 Å². The molecule has 3 heteroatoms. The van der Waals surface area contributed by atoms with Crippen LogP contribution in [0.25, 0.3) is 5.57 Å². The third-order valence-electron chi connectivity index (χ3n) is 4.97. The average Bonchev–Trinajstić information content (AvgIpc) is 2.90. The van der Waals surface area contributed by atoms with Gasteiger partial charge in [0.05, 0.1) is 12.7 Å². The van der Waals surface area contributed by atoms with Gasteiger partial charge in [-0.05, 0) is 68.9 Å². The van der Waals surface area contributed by atoms with Gasteiger partial charge < -0.3 is 4.74 Å². The largest absolute Gasteiger partial charge is 0.497 e. The standard InChI is InChI=1S/C21H28O3/c1-20(2,3)24-23-19-7-6-14-21(4)17(12-13-18(19)21)15-8-10-16(22-5)11-9-15/h8-13,19H,6-7,14H2,1-5H3/t19-,21+/m0/s1. The zero-order chi connectivity index (χ0) is 17.4. The van der Waals surface area contributed by atoms with Gasteiger partial charge >= 0.3 is 0 Å². The Hall–Kier alpha value is -1.58. The van der Waals surface area contributed by atoms with Crippen LogP contribution in [0.1, 0.15) is 52.5 Å². The van der Waals surface area contributed by atoms with Gasteiger partial charge in [-0.3, -0.25) is 0 Å². The van der Waals surface area contributed by atoms with E-state index in [0.717, 1.165) is 25.0 Å². The fraction of sp³-hybridized carbons (Fsp3) is 0.524. The maximum absolute atomic E-state index is 5.83. The SMILES string of the molecule is COc1ccc(C2=CC=C3[C@@H](OOC(C)(C)C)CCC[C@]23C)cc1. The van der Waals surface area contributed by atoms with Gasteiger partial charge in [0.25, 0.3) is 0 Å². The lowest BCUT2D eigenvalue weighted by Crippen LogP contribution is -2.35. The van der Waals surface area contributed by atoms with Crippen LogP contribution in [0, 0.1) is 5.41 Å². The van der Waals surface area contributed by atoms with E-state index in [9.17, 15) is 0 Å². The molecule has 3 rings (SSSR count). The lowest BCUT2D eigenvalue weighted by molar-refractivity contribution is -0.369. The Bertz CT molecular complexity index is 649. The van der Waals surface area contributed by atoms with Crippen molar-refractivity contribution in [2.24, 2.45) is 5.41 Å². The molecule has 0 aromatic heterocycles. The number of allylic oxidation sites excluding steroid dienone is 3. The Labute approximate surface area is 145 Å². The van der Waals surface area contributed by atoms with Crippen LogP contribution in [-0.2, 0) is 9.78 Å². The molecule has 0 aliphatic heterocycles. The Morgan fingerprint density at radius 3 is 2.42 bits per heavy atom. The summed E-state index contributed by atoms with van der Waals surface area (Å²) in [6.07, 6.45) is 7.81. The smallest absolute Gasteiger partial charge is 0.118 e. The molecule has 1 saturated carbocycles. The molecule has 24 heavy (non-hydrogen) atoms. The molecule has 1 aromatic rings. The van der Waals surface area contributed by atoms with E-state index in [1.54, 1.807) is 7.11 Å². The highest BCUT2D eigenvalue weighted by atomic mass is 17.2. The van der Waals surface area contributed by atoms with Crippen molar-refractivity contribution in [1.82, 2.24) is 0 Å². The van der Waals surface area contributed by atoms with Gasteiger partial charge in [-0.2, -0.15) is 0 Å². The van der Waals surface area contributed by atoms with E-state index in [2.05, 4.69) is 31.2 Å². The summed E-state index contributed by atoms with van der Waals surface area (Å²) in [4.78, 5) is 11.4. The van der Waals surface area contributed by atoms with Gasteiger partial charge in [-0.15, -0.1) is 0 Å². The maximum Gasteiger partial charge on any atom is 0.118 e. The summed E-state index contributed by atoms with van der Waals surface area (Å²) >= 11 is 0. The van der Waals surface area contributed by atoms with Crippen molar-refractivity contribution < 1.29 is 14.5 Å². The van der Waals surface area contributed by atoms with Crippen LogP contribution in [-0.4, -0.2) is 18.8 Å². The van der Waals surface area contributed by atoms with Crippen molar-refractivity contribution in [1.29, 1.82) is 0 Å². The molecule has 0 unspecified atom stereocenters. The number of rotatable bonds is 4. The normalized spacial score (nSPS) is 26.6. The van der Waals surface area contributed by atoms with E-state index in [1.165, 1.54) is 16.7 Å². The summed E-state index contributed by atoms with van der Waals surface area (Å²) < 4.78 is 5.28. The zero-order valence-corrected chi connectivity index (χ0v) is 15.4. The number of fused-ring (bicyclic) bond motifs is 1. The third-order valence-corrected chi connectivity index (χ3v) is 4.97. The Morgan fingerprint density at radius 2 is 1.79 bits per heavy atom. The maximum atomic E-state index is 5.83. The molecule has 0 heterocycles. The first-order valence-electron chi connectivity index (χ1n) is 8.75. The quantitative estimate of drug-likeness (QED) is 0.553. The van der Waals surface area contributed by atoms with Crippen molar-refractivity contribution in [2.45, 2.75) is 58.7 Å². The second-order valence-electron chi connectivity index (χ2n) is 7.94. The van der Waals surface area contributed by atoms with Crippen LogP contribution in [0.2, 0.25) is 0 Å². The highest BCUT2D eigenvalue weighted by molar-refractivity contribution is 5.78. The van der Waals surface area contributed by atoms with Crippen molar-refractivity contribution in [3.63, 3.8) is 0 Å². The molecular weight excluding hydrogens is 300 g/mol. The third kappa shape index (κ3) is 3.28.